The second-order valence-corrected chi connectivity index (χ2v) is 6.15. The smallest absolute Gasteiger partial charge is 0.143 e. The van der Waals surface area contributed by atoms with Crippen molar-refractivity contribution in [3.8, 4) is 0 Å². The molecule has 2 aromatic rings. The molecule has 2 nitrogen and oxygen atoms in total. The van der Waals surface area contributed by atoms with Gasteiger partial charge in [-0.05, 0) is 39.7 Å². The van der Waals surface area contributed by atoms with Crippen molar-refractivity contribution >= 4 is 49.3 Å². The van der Waals surface area contributed by atoms with Gasteiger partial charge in [0.15, 0.2) is 0 Å². The molecule has 0 N–H and O–H groups in total. The Bertz CT molecular complexity index is 560. The predicted octanol–water partition coefficient (Wildman–Crippen LogP) is 4.90. The van der Waals surface area contributed by atoms with Gasteiger partial charge in [-0.2, -0.15) is 0 Å². The minimum atomic E-state index is 0.626. The first kappa shape index (κ1) is 13.8. The SMILES string of the molecule is CN(Cc1cccc(Br)c1)c1ncc(Cl)cc1Br. The van der Waals surface area contributed by atoms with Crippen LogP contribution in [-0.4, -0.2) is 12.0 Å². The van der Waals surface area contributed by atoms with Gasteiger partial charge in [0.2, 0.25) is 0 Å². The van der Waals surface area contributed by atoms with Crippen LogP contribution in [0.1, 0.15) is 5.56 Å². The Morgan fingerprint density at radius 3 is 2.72 bits per heavy atom. The normalized spacial score (nSPS) is 10.4. The van der Waals surface area contributed by atoms with Gasteiger partial charge in [0, 0.05) is 24.3 Å². The van der Waals surface area contributed by atoms with Gasteiger partial charge >= 0.3 is 0 Å². The zero-order valence-corrected chi connectivity index (χ0v) is 13.6. The van der Waals surface area contributed by atoms with E-state index in [1.54, 1.807) is 6.20 Å². The molecule has 2 rings (SSSR count). The Balaban J connectivity index is 2.19. The van der Waals surface area contributed by atoms with Gasteiger partial charge in [-0.15, -0.1) is 0 Å². The van der Waals surface area contributed by atoms with E-state index in [1.807, 2.05) is 25.2 Å². The molecule has 18 heavy (non-hydrogen) atoms. The number of hydrogen-bond donors (Lipinski definition) is 0. The maximum Gasteiger partial charge on any atom is 0.143 e. The number of anilines is 1. The Hall–Kier alpha value is -0.580. The highest BCUT2D eigenvalue weighted by Gasteiger charge is 2.08. The van der Waals surface area contributed by atoms with Crippen molar-refractivity contribution < 1.29 is 0 Å². The summed E-state index contributed by atoms with van der Waals surface area (Å²) in [7, 11) is 2.00. The van der Waals surface area contributed by atoms with Crippen LogP contribution in [0.4, 0.5) is 5.82 Å². The largest absolute Gasteiger partial charge is 0.354 e. The van der Waals surface area contributed by atoms with E-state index in [1.165, 1.54) is 5.56 Å². The van der Waals surface area contributed by atoms with Crippen LogP contribution in [0.5, 0.6) is 0 Å². The zero-order chi connectivity index (χ0) is 13.1. The van der Waals surface area contributed by atoms with Crippen LogP contribution in [0.25, 0.3) is 0 Å². The molecule has 0 atom stereocenters. The molecule has 0 bridgehead atoms. The lowest BCUT2D eigenvalue weighted by atomic mass is 10.2. The molecule has 0 amide bonds. The van der Waals surface area contributed by atoms with Gasteiger partial charge in [0.05, 0.1) is 9.50 Å². The van der Waals surface area contributed by atoms with Gasteiger partial charge in [0.1, 0.15) is 5.82 Å². The molecule has 1 aromatic carbocycles. The third-order valence-corrected chi connectivity index (χ3v) is 3.74. The average molecular weight is 391 g/mol. The highest BCUT2D eigenvalue weighted by Crippen LogP contribution is 2.26. The first-order valence-corrected chi connectivity index (χ1v) is 7.29. The Kier molecular flexibility index (Phi) is 4.65. The monoisotopic (exact) mass is 388 g/mol. The summed E-state index contributed by atoms with van der Waals surface area (Å²) < 4.78 is 1.98. The van der Waals surface area contributed by atoms with Crippen LogP contribution in [-0.2, 0) is 6.54 Å². The molecular formula is C13H11Br2ClN2. The van der Waals surface area contributed by atoms with E-state index in [-0.39, 0.29) is 0 Å². The Morgan fingerprint density at radius 1 is 1.28 bits per heavy atom. The van der Waals surface area contributed by atoms with E-state index in [0.29, 0.717) is 5.02 Å². The lowest BCUT2D eigenvalue weighted by molar-refractivity contribution is 0.893. The van der Waals surface area contributed by atoms with Crippen molar-refractivity contribution in [3.05, 3.63) is 56.1 Å². The molecule has 0 saturated carbocycles. The summed E-state index contributed by atoms with van der Waals surface area (Å²) in [6, 6.07) is 10.1. The molecule has 0 saturated heterocycles. The lowest BCUT2D eigenvalue weighted by Crippen LogP contribution is -2.18. The molecule has 0 unspecified atom stereocenters. The fraction of sp³-hybridized carbons (Fsp3) is 0.154. The molecule has 0 radical (unpaired) electrons. The summed E-state index contributed by atoms with van der Waals surface area (Å²) >= 11 is 12.8. The first-order chi connectivity index (χ1) is 8.56. The fourth-order valence-electron chi connectivity index (χ4n) is 1.67. The topological polar surface area (TPSA) is 16.1 Å². The summed E-state index contributed by atoms with van der Waals surface area (Å²) in [5, 5.41) is 0.626. The molecule has 0 spiro atoms. The van der Waals surface area contributed by atoms with Crippen molar-refractivity contribution in [2.45, 2.75) is 6.54 Å². The fourth-order valence-corrected chi connectivity index (χ4v) is 3.06. The molecule has 0 aliphatic rings. The van der Waals surface area contributed by atoms with Crippen LogP contribution in [0.2, 0.25) is 5.02 Å². The molecular weight excluding hydrogens is 379 g/mol. The third kappa shape index (κ3) is 3.46. The van der Waals surface area contributed by atoms with Crippen LogP contribution in [0.3, 0.4) is 0 Å². The average Bonchev–Trinajstić information content (AvgIpc) is 2.28. The second kappa shape index (κ2) is 6.04. The van der Waals surface area contributed by atoms with E-state index >= 15 is 0 Å². The summed E-state index contributed by atoms with van der Waals surface area (Å²) in [4.78, 5) is 6.40. The van der Waals surface area contributed by atoms with E-state index in [0.717, 1.165) is 21.3 Å². The van der Waals surface area contributed by atoms with E-state index in [2.05, 4.69) is 53.9 Å². The van der Waals surface area contributed by atoms with E-state index in [4.69, 9.17) is 11.6 Å². The first-order valence-electron chi connectivity index (χ1n) is 5.33. The number of halogens is 3. The van der Waals surface area contributed by atoms with Crippen LogP contribution in [0, 0.1) is 0 Å². The van der Waals surface area contributed by atoms with Crippen molar-refractivity contribution in [1.29, 1.82) is 0 Å². The predicted molar refractivity (Wildman–Crippen MR) is 83.2 cm³/mol. The maximum atomic E-state index is 5.89. The molecule has 0 fully saturated rings. The standard InChI is InChI=1S/C13H11Br2ClN2/c1-18(8-9-3-2-4-10(14)5-9)13-12(15)6-11(16)7-17-13/h2-7H,8H2,1H3. The van der Waals surface area contributed by atoms with Crippen molar-refractivity contribution in [2.24, 2.45) is 0 Å². The zero-order valence-electron chi connectivity index (χ0n) is 9.70. The number of aromatic nitrogens is 1. The molecule has 1 aromatic heterocycles. The minimum Gasteiger partial charge on any atom is -0.354 e. The van der Waals surface area contributed by atoms with E-state index in [9.17, 15) is 0 Å². The van der Waals surface area contributed by atoms with Gasteiger partial charge in [-0.3, -0.25) is 0 Å². The van der Waals surface area contributed by atoms with Crippen LogP contribution >= 0.6 is 43.5 Å². The summed E-state index contributed by atoms with van der Waals surface area (Å²) in [6.07, 6.45) is 1.65. The number of nitrogens with zero attached hydrogens (tertiary/aromatic N) is 2. The molecule has 1 heterocycles. The minimum absolute atomic E-state index is 0.626. The second-order valence-electron chi connectivity index (χ2n) is 3.94. The van der Waals surface area contributed by atoms with Crippen LogP contribution in [0.15, 0.2) is 45.5 Å². The molecule has 94 valence electrons. The van der Waals surface area contributed by atoms with Crippen LogP contribution < -0.4 is 4.90 Å². The number of benzene rings is 1. The van der Waals surface area contributed by atoms with Gasteiger partial charge in [-0.1, -0.05) is 39.7 Å². The summed E-state index contributed by atoms with van der Waals surface area (Å²) in [6.45, 7) is 0.784. The number of hydrogen-bond acceptors (Lipinski definition) is 2. The molecule has 0 aliphatic carbocycles. The van der Waals surface area contributed by atoms with Gasteiger partial charge < -0.3 is 4.90 Å². The molecule has 5 heteroatoms. The van der Waals surface area contributed by atoms with Gasteiger partial charge in [0.25, 0.3) is 0 Å². The lowest BCUT2D eigenvalue weighted by Gasteiger charge is -2.19. The Labute approximate surface area is 128 Å². The maximum absolute atomic E-state index is 5.89. The number of rotatable bonds is 3. The number of pyridine rings is 1. The molecule has 0 aliphatic heterocycles. The highest BCUT2D eigenvalue weighted by atomic mass is 79.9. The third-order valence-electron chi connectivity index (χ3n) is 2.46. The van der Waals surface area contributed by atoms with Crippen molar-refractivity contribution in [3.63, 3.8) is 0 Å². The van der Waals surface area contributed by atoms with E-state index < -0.39 is 0 Å². The highest BCUT2D eigenvalue weighted by molar-refractivity contribution is 9.10. The van der Waals surface area contributed by atoms with Crippen molar-refractivity contribution in [2.75, 3.05) is 11.9 Å². The Morgan fingerprint density at radius 2 is 2.06 bits per heavy atom. The quantitative estimate of drug-likeness (QED) is 0.741. The summed E-state index contributed by atoms with van der Waals surface area (Å²) in [5.74, 6) is 0.874. The van der Waals surface area contributed by atoms with Gasteiger partial charge in [-0.25, -0.2) is 4.98 Å². The summed E-state index contributed by atoms with van der Waals surface area (Å²) in [5.41, 5.74) is 1.22. The van der Waals surface area contributed by atoms with Crippen molar-refractivity contribution in [1.82, 2.24) is 4.98 Å².